The van der Waals surface area contributed by atoms with Crippen molar-refractivity contribution in [3.05, 3.63) is 82.7 Å². The fraction of sp³-hybridized carbons (Fsp3) is 0.419. The van der Waals surface area contributed by atoms with Crippen molar-refractivity contribution in [3.8, 4) is 17.2 Å². The maximum atomic E-state index is 14.9. The van der Waals surface area contributed by atoms with E-state index >= 15 is 0 Å². The summed E-state index contributed by atoms with van der Waals surface area (Å²) in [6.45, 7) is 6.07. The number of aryl methyl sites for hydroxylation is 1. The van der Waals surface area contributed by atoms with E-state index in [9.17, 15) is 9.50 Å². The number of aromatic hydroxyl groups is 1. The minimum atomic E-state index is -0.335. The van der Waals surface area contributed by atoms with Gasteiger partial charge in [0.05, 0.1) is 7.11 Å². The lowest BCUT2D eigenvalue weighted by Gasteiger charge is -2.35. The van der Waals surface area contributed by atoms with Gasteiger partial charge in [-0.05, 0) is 106 Å². The van der Waals surface area contributed by atoms with Crippen LogP contribution in [0.5, 0.6) is 17.2 Å². The minimum Gasteiger partial charge on any atom is -0.508 e. The van der Waals surface area contributed by atoms with Gasteiger partial charge in [-0.15, -0.1) is 0 Å². The standard InChI is InChI=1S/C31H39FN2O3/c1-21(2)34(20-22-6-13-31(29(32)16-22)37-15-14-33(3)4)30-19-27(36-5)11-12-28(30)25-8-7-24-18-26(35)10-9-23(24)17-25/h6,9-13,16,18-19,21,25,35H,7-8,14-15,17,20H2,1-5H3. The van der Waals surface area contributed by atoms with Crippen LogP contribution in [0.15, 0.2) is 54.6 Å². The third-order valence-corrected chi connectivity index (χ3v) is 7.17. The van der Waals surface area contributed by atoms with Crippen molar-refractivity contribution in [3.63, 3.8) is 0 Å². The number of phenols is 1. The SMILES string of the molecule is COc1ccc(C2CCc3cc(O)ccc3C2)c(N(Cc2ccc(OCCN(C)C)c(F)c2)C(C)C)c1. The molecule has 0 radical (unpaired) electrons. The Morgan fingerprint density at radius 3 is 2.54 bits per heavy atom. The van der Waals surface area contributed by atoms with E-state index in [4.69, 9.17) is 9.47 Å². The summed E-state index contributed by atoms with van der Waals surface area (Å²) < 4.78 is 26.1. The number of hydrogen-bond donors (Lipinski definition) is 1. The smallest absolute Gasteiger partial charge is 0.165 e. The Morgan fingerprint density at radius 1 is 1.03 bits per heavy atom. The molecule has 37 heavy (non-hydrogen) atoms. The lowest BCUT2D eigenvalue weighted by molar-refractivity contribution is 0.252. The van der Waals surface area contributed by atoms with Gasteiger partial charge in [0.2, 0.25) is 0 Å². The zero-order chi connectivity index (χ0) is 26.5. The molecule has 3 aromatic rings. The number of hydrogen-bond acceptors (Lipinski definition) is 5. The molecule has 0 bridgehead atoms. The summed E-state index contributed by atoms with van der Waals surface area (Å²) in [5, 5.41) is 9.89. The van der Waals surface area contributed by atoms with Gasteiger partial charge in [0.15, 0.2) is 11.6 Å². The molecule has 0 saturated heterocycles. The maximum Gasteiger partial charge on any atom is 0.165 e. The van der Waals surface area contributed by atoms with Gasteiger partial charge in [0.25, 0.3) is 0 Å². The molecule has 1 aliphatic carbocycles. The number of phenolic OH excluding ortho intramolecular Hbond substituents is 1. The van der Waals surface area contributed by atoms with Crippen LogP contribution >= 0.6 is 0 Å². The molecular weight excluding hydrogens is 467 g/mol. The molecule has 198 valence electrons. The largest absolute Gasteiger partial charge is 0.508 e. The third-order valence-electron chi connectivity index (χ3n) is 7.17. The second kappa shape index (κ2) is 11.9. The van der Waals surface area contributed by atoms with Crippen molar-refractivity contribution < 1.29 is 19.0 Å². The molecule has 1 atom stereocenters. The quantitative estimate of drug-likeness (QED) is 0.356. The van der Waals surface area contributed by atoms with Crippen LogP contribution in [0.1, 0.15) is 48.4 Å². The summed E-state index contributed by atoms with van der Waals surface area (Å²) in [7, 11) is 5.62. The molecule has 0 fully saturated rings. The van der Waals surface area contributed by atoms with Crippen LogP contribution in [-0.4, -0.2) is 50.4 Å². The fourth-order valence-electron chi connectivity index (χ4n) is 5.09. The highest BCUT2D eigenvalue weighted by Crippen LogP contribution is 2.40. The second-order valence-corrected chi connectivity index (χ2v) is 10.5. The van der Waals surface area contributed by atoms with Crippen molar-refractivity contribution in [2.75, 3.05) is 39.3 Å². The Labute approximate surface area is 220 Å². The summed E-state index contributed by atoms with van der Waals surface area (Å²) in [4.78, 5) is 4.33. The van der Waals surface area contributed by atoms with E-state index in [0.717, 1.165) is 42.8 Å². The van der Waals surface area contributed by atoms with Crippen LogP contribution in [-0.2, 0) is 19.4 Å². The monoisotopic (exact) mass is 506 g/mol. The number of halogens is 1. The molecule has 0 aliphatic heterocycles. The van der Waals surface area contributed by atoms with Gasteiger partial charge in [-0.3, -0.25) is 0 Å². The Balaban J connectivity index is 1.61. The molecule has 1 N–H and O–H groups in total. The van der Waals surface area contributed by atoms with E-state index in [0.29, 0.717) is 24.8 Å². The van der Waals surface area contributed by atoms with E-state index < -0.39 is 0 Å². The first-order chi connectivity index (χ1) is 17.7. The van der Waals surface area contributed by atoms with Crippen LogP contribution in [0.4, 0.5) is 10.1 Å². The van der Waals surface area contributed by atoms with Crippen LogP contribution in [0.2, 0.25) is 0 Å². The highest BCUT2D eigenvalue weighted by atomic mass is 19.1. The van der Waals surface area contributed by atoms with Gasteiger partial charge < -0.3 is 24.4 Å². The van der Waals surface area contributed by atoms with Gasteiger partial charge in [-0.1, -0.05) is 18.2 Å². The summed E-state index contributed by atoms with van der Waals surface area (Å²) in [5.74, 6) is 1.44. The molecule has 4 rings (SSSR count). The Bertz CT molecular complexity index is 1210. The predicted molar refractivity (Wildman–Crippen MR) is 148 cm³/mol. The highest BCUT2D eigenvalue weighted by molar-refractivity contribution is 5.60. The first-order valence-electron chi connectivity index (χ1n) is 13.1. The average Bonchev–Trinajstić information content (AvgIpc) is 2.87. The van der Waals surface area contributed by atoms with Crippen molar-refractivity contribution in [2.45, 2.75) is 51.6 Å². The Morgan fingerprint density at radius 2 is 1.84 bits per heavy atom. The van der Waals surface area contributed by atoms with Gasteiger partial charge in [0, 0.05) is 30.9 Å². The summed E-state index contributed by atoms with van der Waals surface area (Å²) in [6, 6.07) is 17.5. The fourth-order valence-corrected chi connectivity index (χ4v) is 5.09. The van der Waals surface area contributed by atoms with E-state index in [1.807, 2.05) is 43.3 Å². The number of rotatable bonds is 10. The van der Waals surface area contributed by atoms with Crippen molar-refractivity contribution in [2.24, 2.45) is 0 Å². The molecule has 0 amide bonds. The van der Waals surface area contributed by atoms with E-state index in [1.165, 1.54) is 16.7 Å². The van der Waals surface area contributed by atoms with E-state index in [-0.39, 0.29) is 17.6 Å². The average molecular weight is 507 g/mol. The lowest BCUT2D eigenvalue weighted by Crippen LogP contribution is -2.32. The molecule has 1 unspecified atom stereocenters. The molecule has 0 aromatic heterocycles. The number of anilines is 1. The Hall–Kier alpha value is -3.25. The van der Waals surface area contributed by atoms with Gasteiger partial charge in [0.1, 0.15) is 18.1 Å². The zero-order valence-corrected chi connectivity index (χ0v) is 22.6. The number of fused-ring (bicyclic) bond motifs is 1. The normalized spacial score (nSPS) is 15.1. The predicted octanol–water partition coefficient (Wildman–Crippen LogP) is 6.17. The van der Waals surface area contributed by atoms with E-state index in [1.54, 1.807) is 25.3 Å². The number of benzene rings is 3. The van der Waals surface area contributed by atoms with Crippen LogP contribution < -0.4 is 14.4 Å². The molecule has 0 spiro atoms. The number of methoxy groups -OCH3 is 1. The van der Waals surface area contributed by atoms with Gasteiger partial charge in [-0.25, -0.2) is 4.39 Å². The number of ether oxygens (including phenoxy) is 2. The Kier molecular flexibility index (Phi) is 8.59. The van der Waals surface area contributed by atoms with Crippen molar-refractivity contribution >= 4 is 5.69 Å². The van der Waals surface area contributed by atoms with Crippen LogP contribution in [0, 0.1) is 5.82 Å². The minimum absolute atomic E-state index is 0.192. The van der Waals surface area contributed by atoms with Gasteiger partial charge in [-0.2, -0.15) is 0 Å². The summed E-state index contributed by atoms with van der Waals surface area (Å²) in [5.41, 5.74) is 5.81. The molecule has 0 saturated carbocycles. The summed E-state index contributed by atoms with van der Waals surface area (Å²) in [6.07, 6.45) is 2.87. The highest BCUT2D eigenvalue weighted by Gasteiger charge is 2.26. The van der Waals surface area contributed by atoms with Crippen molar-refractivity contribution in [1.29, 1.82) is 0 Å². The second-order valence-electron chi connectivity index (χ2n) is 10.5. The number of nitrogens with zero attached hydrogens (tertiary/aromatic N) is 2. The van der Waals surface area contributed by atoms with Gasteiger partial charge >= 0.3 is 0 Å². The third kappa shape index (κ3) is 6.55. The lowest BCUT2D eigenvalue weighted by atomic mass is 9.79. The first-order valence-corrected chi connectivity index (χ1v) is 13.1. The van der Waals surface area contributed by atoms with E-state index in [2.05, 4.69) is 30.9 Å². The maximum absolute atomic E-state index is 14.9. The van der Waals surface area contributed by atoms with Crippen molar-refractivity contribution in [1.82, 2.24) is 4.90 Å². The number of likely N-dealkylation sites (N-methyl/N-ethyl adjacent to an activating group) is 1. The molecule has 3 aromatic carbocycles. The van der Waals surface area contributed by atoms with Crippen LogP contribution in [0.25, 0.3) is 0 Å². The molecule has 5 nitrogen and oxygen atoms in total. The molecule has 0 heterocycles. The molecule has 6 heteroatoms. The summed E-state index contributed by atoms with van der Waals surface area (Å²) >= 11 is 0. The topological polar surface area (TPSA) is 45.2 Å². The molecular formula is C31H39FN2O3. The first kappa shape index (κ1) is 26.8. The zero-order valence-electron chi connectivity index (χ0n) is 22.6. The molecule has 1 aliphatic rings. The van der Waals surface area contributed by atoms with Crippen LogP contribution in [0.3, 0.4) is 0 Å².